The van der Waals surface area contributed by atoms with E-state index in [0.29, 0.717) is 23.7 Å². The highest BCUT2D eigenvalue weighted by Crippen LogP contribution is 2.27. The van der Waals surface area contributed by atoms with Crippen molar-refractivity contribution >= 4 is 26.9 Å². The van der Waals surface area contributed by atoms with Gasteiger partial charge in [0.1, 0.15) is 10.9 Å². The van der Waals surface area contributed by atoms with Crippen LogP contribution in [0.4, 0.5) is 0 Å². The number of carbonyl (C=O) groups is 1. The topological polar surface area (TPSA) is 87.6 Å². The van der Waals surface area contributed by atoms with E-state index in [1.54, 1.807) is 18.2 Å². The lowest BCUT2D eigenvalue weighted by atomic mass is 10.2. The molecule has 3 rings (SSSR count). The molecule has 0 saturated carbocycles. The fraction of sp³-hybridized carbons (Fsp3) is 0.286. The van der Waals surface area contributed by atoms with E-state index in [2.05, 4.69) is 4.98 Å². The van der Waals surface area contributed by atoms with Crippen LogP contribution in [0.2, 0.25) is 0 Å². The average Bonchev–Trinajstić information content (AvgIpc) is 2.97. The maximum Gasteiger partial charge on any atom is 0.322 e. The second kappa shape index (κ2) is 5.09. The van der Waals surface area contributed by atoms with Crippen LogP contribution in [0.25, 0.3) is 10.9 Å². The van der Waals surface area contributed by atoms with Crippen LogP contribution in [-0.2, 0) is 14.8 Å². The molecule has 7 heteroatoms. The lowest BCUT2D eigenvalue weighted by Crippen LogP contribution is -2.40. The van der Waals surface area contributed by atoms with E-state index in [9.17, 15) is 13.2 Å². The molecule has 1 aliphatic rings. The van der Waals surface area contributed by atoms with Gasteiger partial charge in [-0.3, -0.25) is 9.78 Å². The molecule has 0 unspecified atom stereocenters. The number of carboxylic acid groups (broad SMARTS) is 1. The largest absolute Gasteiger partial charge is 0.480 e. The van der Waals surface area contributed by atoms with Gasteiger partial charge >= 0.3 is 5.97 Å². The standard InChI is InChI=1S/C14H14N2O4S/c17-14(18)13-6-3-7-16(13)21(19,20)11-8-10-4-1-2-5-12(10)15-9-11/h1-2,4-5,8-9,13H,3,6-7H2,(H,17,18)/t13-/m0/s1. The molecule has 0 aliphatic carbocycles. The minimum absolute atomic E-state index is 0.0364. The Morgan fingerprint density at radius 2 is 2.10 bits per heavy atom. The molecule has 21 heavy (non-hydrogen) atoms. The Morgan fingerprint density at radius 1 is 1.33 bits per heavy atom. The molecule has 1 N–H and O–H groups in total. The van der Waals surface area contributed by atoms with Crippen molar-refractivity contribution in [3.63, 3.8) is 0 Å². The molecule has 1 aromatic heterocycles. The summed E-state index contributed by atoms with van der Waals surface area (Å²) in [7, 11) is -3.83. The third kappa shape index (κ3) is 2.38. The lowest BCUT2D eigenvalue weighted by molar-refractivity contribution is -0.140. The predicted molar refractivity (Wildman–Crippen MR) is 76.3 cm³/mol. The van der Waals surface area contributed by atoms with E-state index in [1.165, 1.54) is 12.3 Å². The van der Waals surface area contributed by atoms with Crippen LogP contribution in [-0.4, -0.2) is 41.4 Å². The van der Waals surface area contributed by atoms with Crippen molar-refractivity contribution in [2.24, 2.45) is 0 Å². The van der Waals surface area contributed by atoms with Gasteiger partial charge in [0.25, 0.3) is 0 Å². The number of pyridine rings is 1. The number of sulfonamides is 1. The monoisotopic (exact) mass is 306 g/mol. The number of aliphatic carboxylic acids is 1. The first-order chi connectivity index (χ1) is 10.00. The normalized spacial score (nSPS) is 19.9. The third-order valence-electron chi connectivity index (χ3n) is 3.66. The number of hydrogen-bond donors (Lipinski definition) is 1. The highest BCUT2D eigenvalue weighted by atomic mass is 32.2. The van der Waals surface area contributed by atoms with E-state index >= 15 is 0 Å². The third-order valence-corrected chi connectivity index (χ3v) is 5.53. The van der Waals surface area contributed by atoms with Gasteiger partial charge in [-0.05, 0) is 25.0 Å². The average molecular weight is 306 g/mol. The van der Waals surface area contributed by atoms with Crippen molar-refractivity contribution in [3.05, 3.63) is 36.5 Å². The van der Waals surface area contributed by atoms with Gasteiger partial charge in [-0.2, -0.15) is 4.31 Å². The molecule has 1 atom stereocenters. The van der Waals surface area contributed by atoms with Gasteiger partial charge in [-0.1, -0.05) is 18.2 Å². The predicted octanol–water partition coefficient (Wildman–Crippen LogP) is 1.47. The summed E-state index contributed by atoms with van der Waals surface area (Å²) in [5, 5.41) is 9.86. The number of rotatable bonds is 3. The summed E-state index contributed by atoms with van der Waals surface area (Å²) in [6, 6.07) is 7.75. The summed E-state index contributed by atoms with van der Waals surface area (Å²) in [5.41, 5.74) is 0.702. The molecule has 1 fully saturated rings. The SMILES string of the molecule is O=C(O)[C@@H]1CCCN1S(=O)(=O)c1cnc2ccccc2c1. The molecule has 1 aromatic carbocycles. The highest BCUT2D eigenvalue weighted by Gasteiger charge is 2.39. The molecule has 1 aliphatic heterocycles. The van der Waals surface area contributed by atoms with Gasteiger partial charge in [0.2, 0.25) is 10.0 Å². The van der Waals surface area contributed by atoms with Crippen LogP contribution in [0.3, 0.4) is 0 Å². The second-order valence-electron chi connectivity index (χ2n) is 4.98. The van der Waals surface area contributed by atoms with Gasteiger partial charge < -0.3 is 5.11 Å². The van der Waals surface area contributed by atoms with Crippen molar-refractivity contribution in [1.82, 2.24) is 9.29 Å². The van der Waals surface area contributed by atoms with Crippen molar-refractivity contribution in [2.45, 2.75) is 23.8 Å². The first-order valence-electron chi connectivity index (χ1n) is 6.59. The molecule has 6 nitrogen and oxygen atoms in total. The molecule has 2 heterocycles. The molecule has 2 aromatic rings. The molecule has 0 bridgehead atoms. The summed E-state index contributed by atoms with van der Waals surface area (Å²) in [6.07, 6.45) is 2.18. The van der Waals surface area contributed by atoms with Crippen LogP contribution in [0, 0.1) is 0 Å². The molecular formula is C14H14N2O4S. The number of fused-ring (bicyclic) bond motifs is 1. The van der Waals surface area contributed by atoms with Crippen molar-refractivity contribution in [2.75, 3.05) is 6.54 Å². The van der Waals surface area contributed by atoms with E-state index in [0.717, 1.165) is 4.31 Å². The van der Waals surface area contributed by atoms with Crippen LogP contribution in [0.1, 0.15) is 12.8 Å². The van der Waals surface area contributed by atoms with Crippen LogP contribution < -0.4 is 0 Å². The zero-order chi connectivity index (χ0) is 15.0. The maximum absolute atomic E-state index is 12.6. The quantitative estimate of drug-likeness (QED) is 0.928. The lowest BCUT2D eigenvalue weighted by Gasteiger charge is -2.20. The summed E-state index contributed by atoms with van der Waals surface area (Å²) >= 11 is 0. The molecule has 0 spiro atoms. The fourth-order valence-electron chi connectivity index (χ4n) is 2.60. The van der Waals surface area contributed by atoms with Gasteiger partial charge in [0.15, 0.2) is 0 Å². The van der Waals surface area contributed by atoms with Crippen LogP contribution >= 0.6 is 0 Å². The summed E-state index contributed by atoms with van der Waals surface area (Å²) < 4.78 is 26.3. The molecular weight excluding hydrogens is 292 g/mol. The number of nitrogens with zero attached hydrogens (tertiary/aromatic N) is 2. The molecule has 110 valence electrons. The van der Waals surface area contributed by atoms with Crippen molar-refractivity contribution in [3.8, 4) is 0 Å². The van der Waals surface area contributed by atoms with Gasteiger partial charge in [0, 0.05) is 18.1 Å². The number of benzene rings is 1. The fourth-order valence-corrected chi connectivity index (χ4v) is 4.23. The summed E-state index contributed by atoms with van der Waals surface area (Å²) in [5.74, 6) is -1.11. The number of para-hydroxylation sites is 1. The van der Waals surface area contributed by atoms with Crippen molar-refractivity contribution < 1.29 is 18.3 Å². The van der Waals surface area contributed by atoms with Gasteiger partial charge in [-0.25, -0.2) is 8.42 Å². The summed E-state index contributed by atoms with van der Waals surface area (Å²) in [4.78, 5) is 15.4. The minimum Gasteiger partial charge on any atom is -0.480 e. The van der Waals surface area contributed by atoms with E-state index in [-0.39, 0.29) is 11.4 Å². The minimum atomic E-state index is -3.83. The molecule has 1 saturated heterocycles. The zero-order valence-corrected chi connectivity index (χ0v) is 12.0. The van der Waals surface area contributed by atoms with E-state index in [4.69, 9.17) is 5.11 Å². The molecule has 0 radical (unpaired) electrons. The highest BCUT2D eigenvalue weighted by molar-refractivity contribution is 7.89. The maximum atomic E-state index is 12.6. The first kappa shape index (κ1) is 14.0. The number of hydrogen-bond acceptors (Lipinski definition) is 4. The van der Waals surface area contributed by atoms with Crippen molar-refractivity contribution in [1.29, 1.82) is 0 Å². The Kier molecular flexibility index (Phi) is 3.38. The van der Waals surface area contributed by atoms with Gasteiger partial charge in [-0.15, -0.1) is 0 Å². The number of carboxylic acids is 1. The molecule has 0 amide bonds. The smallest absolute Gasteiger partial charge is 0.322 e. The Morgan fingerprint density at radius 3 is 2.86 bits per heavy atom. The Balaban J connectivity index is 2.05. The Labute approximate surface area is 122 Å². The zero-order valence-electron chi connectivity index (χ0n) is 11.1. The Hall–Kier alpha value is -1.99. The Bertz CT molecular complexity index is 803. The first-order valence-corrected chi connectivity index (χ1v) is 8.03. The van der Waals surface area contributed by atoms with E-state index in [1.807, 2.05) is 6.07 Å². The van der Waals surface area contributed by atoms with Crippen LogP contribution in [0.15, 0.2) is 41.4 Å². The van der Waals surface area contributed by atoms with Crippen LogP contribution in [0.5, 0.6) is 0 Å². The summed E-state index contributed by atoms with van der Waals surface area (Å²) in [6.45, 7) is 0.228. The number of aromatic nitrogens is 1. The van der Waals surface area contributed by atoms with E-state index < -0.39 is 22.0 Å². The van der Waals surface area contributed by atoms with Gasteiger partial charge in [0.05, 0.1) is 5.52 Å². The second-order valence-corrected chi connectivity index (χ2v) is 6.87.